The topological polar surface area (TPSA) is 88.5 Å². The van der Waals surface area contributed by atoms with Crippen molar-refractivity contribution < 1.29 is 19.4 Å². The molecule has 6 nitrogen and oxygen atoms in total. The van der Waals surface area contributed by atoms with Crippen LogP contribution in [-0.2, 0) is 16.1 Å². The number of carboxylic acids is 1. The van der Waals surface area contributed by atoms with E-state index >= 15 is 0 Å². The molecule has 1 fully saturated rings. The van der Waals surface area contributed by atoms with E-state index in [-0.39, 0.29) is 17.9 Å². The number of hydrogen-bond donors (Lipinski definition) is 2. The largest absolute Gasteiger partial charge is 0.481 e. The number of rotatable bonds is 5. The number of hydrogen-bond acceptors (Lipinski definition) is 5. The zero-order chi connectivity index (χ0) is 17.3. The number of aromatic nitrogens is 1. The molecule has 0 radical (unpaired) electrons. The Hall–Kier alpha value is -2.41. The maximum Gasteiger partial charge on any atom is 0.413 e. The molecule has 0 saturated heterocycles. The summed E-state index contributed by atoms with van der Waals surface area (Å²) in [5.41, 5.74) is 1.29. The van der Waals surface area contributed by atoms with Gasteiger partial charge in [-0.25, -0.2) is 9.78 Å². The minimum Gasteiger partial charge on any atom is -0.481 e. The van der Waals surface area contributed by atoms with Gasteiger partial charge in [0.05, 0.1) is 11.6 Å². The van der Waals surface area contributed by atoms with Crippen LogP contribution in [0.3, 0.4) is 0 Å². The second kappa shape index (κ2) is 6.24. The number of ether oxygens (including phenoxy) is 1. The lowest BCUT2D eigenvalue weighted by Crippen LogP contribution is -2.13. The molecule has 24 heavy (non-hydrogen) atoms. The fraction of sp³-hybridized carbons (Fsp3) is 0.353. The minimum atomic E-state index is -0.810. The summed E-state index contributed by atoms with van der Waals surface area (Å²) in [4.78, 5) is 27.4. The lowest BCUT2D eigenvalue weighted by molar-refractivity contribution is -0.139. The highest BCUT2D eigenvalue weighted by Gasteiger charge is 2.63. The van der Waals surface area contributed by atoms with Gasteiger partial charge < -0.3 is 9.84 Å². The van der Waals surface area contributed by atoms with E-state index in [0.717, 1.165) is 5.56 Å². The Labute approximate surface area is 143 Å². The Balaban J connectivity index is 1.57. The van der Waals surface area contributed by atoms with E-state index in [1.54, 1.807) is 5.38 Å². The van der Waals surface area contributed by atoms with Crippen LogP contribution in [-0.4, -0.2) is 22.2 Å². The van der Waals surface area contributed by atoms with Gasteiger partial charge in [-0.05, 0) is 11.0 Å². The van der Waals surface area contributed by atoms with Crippen LogP contribution in [0.5, 0.6) is 0 Å². The van der Waals surface area contributed by atoms with Crippen LogP contribution in [0, 0.1) is 11.3 Å². The van der Waals surface area contributed by atoms with Crippen LogP contribution in [0.25, 0.3) is 0 Å². The highest BCUT2D eigenvalue weighted by Crippen LogP contribution is 2.64. The summed E-state index contributed by atoms with van der Waals surface area (Å²) in [6, 6.07) is 9.39. The van der Waals surface area contributed by atoms with Crippen LogP contribution in [0.1, 0.15) is 31.0 Å². The number of nitrogens with zero attached hydrogens (tertiary/aromatic N) is 1. The van der Waals surface area contributed by atoms with Crippen molar-refractivity contribution in [2.75, 3.05) is 5.32 Å². The normalized spacial score (nSPS) is 21.1. The van der Waals surface area contributed by atoms with Gasteiger partial charge in [-0.2, -0.15) is 0 Å². The number of anilines is 1. The van der Waals surface area contributed by atoms with Crippen molar-refractivity contribution in [3.05, 3.63) is 47.0 Å². The van der Waals surface area contributed by atoms with E-state index in [4.69, 9.17) is 4.74 Å². The van der Waals surface area contributed by atoms with Crippen LogP contribution >= 0.6 is 11.3 Å². The van der Waals surface area contributed by atoms with Gasteiger partial charge in [0.15, 0.2) is 5.13 Å². The predicted octanol–water partition coefficient (Wildman–Crippen LogP) is 3.72. The number of aliphatic carboxylic acids is 1. The Morgan fingerprint density at radius 2 is 2.04 bits per heavy atom. The summed E-state index contributed by atoms with van der Waals surface area (Å²) in [5, 5.41) is 14.0. The first-order valence-corrected chi connectivity index (χ1v) is 8.43. The van der Waals surface area contributed by atoms with Crippen LogP contribution in [0.15, 0.2) is 35.7 Å². The Bertz CT molecular complexity index is 757. The summed E-state index contributed by atoms with van der Waals surface area (Å²) < 4.78 is 5.14. The first-order valence-electron chi connectivity index (χ1n) is 7.55. The van der Waals surface area contributed by atoms with E-state index in [0.29, 0.717) is 10.8 Å². The molecule has 1 aromatic carbocycles. The van der Waals surface area contributed by atoms with Gasteiger partial charge in [0.1, 0.15) is 6.61 Å². The third-order valence-electron chi connectivity index (χ3n) is 4.36. The Morgan fingerprint density at radius 3 is 2.67 bits per heavy atom. The minimum absolute atomic E-state index is 0.123. The number of carbonyl (C=O) groups excluding carboxylic acids is 1. The van der Waals surface area contributed by atoms with Crippen LogP contribution in [0.4, 0.5) is 9.93 Å². The zero-order valence-electron chi connectivity index (χ0n) is 13.4. The molecule has 2 aromatic rings. The molecule has 1 aliphatic rings. The number of benzene rings is 1. The van der Waals surface area contributed by atoms with Gasteiger partial charge >= 0.3 is 12.1 Å². The highest BCUT2D eigenvalue weighted by atomic mass is 32.1. The lowest BCUT2D eigenvalue weighted by Gasteiger charge is -2.04. The fourth-order valence-corrected chi connectivity index (χ4v) is 3.72. The van der Waals surface area contributed by atoms with Crippen molar-refractivity contribution in [2.24, 2.45) is 11.3 Å². The zero-order valence-corrected chi connectivity index (χ0v) is 14.2. The van der Waals surface area contributed by atoms with Crippen LogP contribution in [0.2, 0.25) is 0 Å². The van der Waals surface area contributed by atoms with Gasteiger partial charge in [-0.15, -0.1) is 11.3 Å². The third-order valence-corrected chi connectivity index (χ3v) is 5.13. The molecular weight excluding hydrogens is 328 g/mol. The monoisotopic (exact) mass is 346 g/mol. The molecule has 1 aromatic heterocycles. The molecule has 0 unspecified atom stereocenters. The molecule has 2 atom stereocenters. The Morgan fingerprint density at radius 1 is 1.33 bits per heavy atom. The molecule has 2 N–H and O–H groups in total. The van der Waals surface area contributed by atoms with Crippen molar-refractivity contribution in [2.45, 2.75) is 26.4 Å². The number of thiazole rings is 1. The van der Waals surface area contributed by atoms with E-state index in [2.05, 4.69) is 10.3 Å². The van der Waals surface area contributed by atoms with Crippen molar-refractivity contribution in [1.82, 2.24) is 4.98 Å². The van der Waals surface area contributed by atoms with E-state index < -0.39 is 18.0 Å². The number of nitrogens with one attached hydrogen (secondary N) is 1. The van der Waals surface area contributed by atoms with Crippen LogP contribution < -0.4 is 5.32 Å². The molecule has 3 rings (SSSR count). The quantitative estimate of drug-likeness (QED) is 0.861. The summed E-state index contributed by atoms with van der Waals surface area (Å²) in [7, 11) is 0. The molecule has 1 heterocycles. The number of carboxylic acid groups (broad SMARTS) is 1. The first-order chi connectivity index (χ1) is 11.4. The predicted molar refractivity (Wildman–Crippen MR) is 90.0 cm³/mol. The van der Waals surface area contributed by atoms with E-state index in [9.17, 15) is 14.7 Å². The van der Waals surface area contributed by atoms with Gasteiger partial charge in [0.25, 0.3) is 0 Å². The van der Waals surface area contributed by atoms with Crippen molar-refractivity contribution in [1.29, 1.82) is 0 Å². The molecule has 1 amide bonds. The van der Waals surface area contributed by atoms with Gasteiger partial charge in [0.2, 0.25) is 0 Å². The fourth-order valence-electron chi connectivity index (χ4n) is 2.98. The van der Waals surface area contributed by atoms with Gasteiger partial charge in [0, 0.05) is 11.3 Å². The summed E-state index contributed by atoms with van der Waals surface area (Å²) in [6.07, 6.45) is -0.579. The molecule has 0 bridgehead atoms. The SMILES string of the molecule is CC1(C)[C@H](C(=O)O)[C@@H]1c1csc(NC(=O)OCc2ccccc2)n1. The molecule has 126 valence electrons. The average Bonchev–Trinajstić information content (AvgIpc) is 2.89. The molecule has 0 spiro atoms. The summed E-state index contributed by atoms with van der Waals surface area (Å²) in [6.45, 7) is 4.01. The highest BCUT2D eigenvalue weighted by molar-refractivity contribution is 7.13. The second-order valence-electron chi connectivity index (χ2n) is 6.38. The number of amides is 1. The molecule has 1 saturated carbocycles. The van der Waals surface area contributed by atoms with E-state index in [1.165, 1.54) is 11.3 Å². The average molecular weight is 346 g/mol. The molecule has 1 aliphatic carbocycles. The van der Waals surface area contributed by atoms with Gasteiger partial charge in [-0.3, -0.25) is 10.1 Å². The van der Waals surface area contributed by atoms with Crippen molar-refractivity contribution in [3.8, 4) is 0 Å². The smallest absolute Gasteiger partial charge is 0.413 e. The standard InChI is InChI=1S/C17H18N2O4S/c1-17(2)12(13(17)14(20)21)11-9-24-15(18-11)19-16(22)23-8-10-6-4-3-5-7-10/h3-7,9,12-13H,8H2,1-2H3,(H,20,21)(H,18,19,22)/t12-,13-/m0/s1. The van der Waals surface area contributed by atoms with E-state index in [1.807, 2.05) is 44.2 Å². The second-order valence-corrected chi connectivity index (χ2v) is 7.24. The summed E-state index contributed by atoms with van der Waals surface area (Å²) >= 11 is 1.27. The number of carbonyl (C=O) groups is 2. The maximum atomic E-state index is 11.8. The van der Waals surface area contributed by atoms with Crippen molar-refractivity contribution >= 4 is 28.5 Å². The molecular formula is C17H18N2O4S. The molecule has 7 heteroatoms. The maximum absolute atomic E-state index is 11.8. The third kappa shape index (κ3) is 3.26. The Kier molecular flexibility index (Phi) is 4.28. The summed E-state index contributed by atoms with van der Waals surface area (Å²) in [5.74, 6) is -1.37. The van der Waals surface area contributed by atoms with Crippen molar-refractivity contribution in [3.63, 3.8) is 0 Å². The van der Waals surface area contributed by atoms with Gasteiger partial charge in [-0.1, -0.05) is 44.2 Å². The molecule has 0 aliphatic heterocycles. The lowest BCUT2D eigenvalue weighted by atomic mass is 10.1. The first kappa shape index (κ1) is 16.4.